The van der Waals surface area contributed by atoms with Gasteiger partial charge in [-0.15, -0.1) is 0 Å². The van der Waals surface area contributed by atoms with Crippen LogP contribution < -0.4 is 5.63 Å². The highest BCUT2D eigenvalue weighted by molar-refractivity contribution is 6.35. The molecule has 0 atom stereocenters. The van der Waals surface area contributed by atoms with Crippen LogP contribution in [0.5, 0.6) is 0 Å². The maximum atomic E-state index is 12.4. The summed E-state index contributed by atoms with van der Waals surface area (Å²) in [7, 11) is 0. The van der Waals surface area contributed by atoms with Gasteiger partial charge < -0.3 is 4.42 Å². The van der Waals surface area contributed by atoms with Crippen molar-refractivity contribution in [1.82, 2.24) is 0 Å². The first kappa shape index (κ1) is 11.0. The van der Waals surface area contributed by atoms with Crippen LogP contribution in [-0.4, -0.2) is 0 Å². The minimum atomic E-state index is -4.48. The van der Waals surface area contributed by atoms with Crippen LogP contribution in [0.25, 0.3) is 11.0 Å². The van der Waals surface area contributed by atoms with Gasteiger partial charge in [0.25, 0.3) is 0 Å². The molecule has 0 spiro atoms. The van der Waals surface area contributed by atoms with Gasteiger partial charge in [0.1, 0.15) is 5.58 Å². The Bertz CT molecular complexity index is 601. The summed E-state index contributed by atoms with van der Waals surface area (Å²) in [5.41, 5.74) is -1.84. The van der Waals surface area contributed by atoms with E-state index in [4.69, 9.17) is 11.6 Å². The summed E-state index contributed by atoms with van der Waals surface area (Å²) in [6.07, 6.45) is -4.48. The van der Waals surface area contributed by atoms with Gasteiger partial charge in [-0.1, -0.05) is 11.6 Å². The van der Waals surface area contributed by atoms with Crippen molar-refractivity contribution in [1.29, 1.82) is 0 Å². The number of halogens is 4. The van der Waals surface area contributed by atoms with Gasteiger partial charge >= 0.3 is 11.8 Å². The second-order valence-corrected chi connectivity index (χ2v) is 3.53. The lowest BCUT2D eigenvalue weighted by Crippen LogP contribution is -2.05. The second kappa shape index (κ2) is 3.52. The van der Waals surface area contributed by atoms with Gasteiger partial charge in [-0.3, -0.25) is 0 Å². The molecule has 2 rings (SSSR count). The lowest BCUT2D eigenvalue weighted by molar-refractivity contribution is -0.137. The third-order valence-corrected chi connectivity index (χ3v) is 2.33. The van der Waals surface area contributed by atoms with Crippen molar-refractivity contribution in [3.05, 3.63) is 45.3 Å². The summed E-state index contributed by atoms with van der Waals surface area (Å²) >= 11 is 5.69. The molecular weight excluding hydrogens is 245 g/mol. The lowest BCUT2D eigenvalue weighted by Gasteiger charge is -2.07. The zero-order valence-electron chi connectivity index (χ0n) is 7.64. The third-order valence-electron chi connectivity index (χ3n) is 2.02. The van der Waals surface area contributed by atoms with Crippen LogP contribution >= 0.6 is 11.6 Å². The number of hydrogen-bond acceptors (Lipinski definition) is 2. The molecule has 0 aliphatic carbocycles. The molecular formula is C10H4ClF3O2. The number of hydrogen-bond donors (Lipinski definition) is 0. The van der Waals surface area contributed by atoms with Crippen molar-refractivity contribution in [2.45, 2.75) is 6.18 Å². The van der Waals surface area contributed by atoms with Crippen LogP contribution in [0.15, 0.2) is 33.5 Å². The molecule has 0 amide bonds. The van der Waals surface area contributed by atoms with Crippen LogP contribution in [-0.2, 0) is 6.18 Å². The monoisotopic (exact) mass is 248 g/mol. The van der Waals surface area contributed by atoms with Gasteiger partial charge in [-0.25, -0.2) is 4.79 Å². The molecule has 2 aromatic rings. The molecule has 1 aromatic heterocycles. The Morgan fingerprint density at radius 3 is 2.50 bits per heavy atom. The molecule has 0 bridgehead atoms. The van der Waals surface area contributed by atoms with Crippen LogP contribution in [0.2, 0.25) is 5.02 Å². The number of alkyl halides is 3. The number of rotatable bonds is 0. The van der Waals surface area contributed by atoms with Crippen molar-refractivity contribution in [2.24, 2.45) is 0 Å². The van der Waals surface area contributed by atoms with Gasteiger partial charge in [-0.05, 0) is 18.2 Å². The Kier molecular flexibility index (Phi) is 2.42. The SMILES string of the molecule is O=c1cc(Cl)c2ccc(C(F)(F)F)cc2o1. The van der Waals surface area contributed by atoms with E-state index in [-0.39, 0.29) is 16.0 Å². The first-order valence-electron chi connectivity index (χ1n) is 4.18. The third kappa shape index (κ3) is 1.90. The Labute approximate surface area is 92.2 Å². The molecule has 0 aliphatic rings. The minimum Gasteiger partial charge on any atom is -0.423 e. The average molecular weight is 249 g/mol. The van der Waals surface area contributed by atoms with Gasteiger partial charge in [0, 0.05) is 11.5 Å². The molecule has 1 heterocycles. The molecule has 0 N–H and O–H groups in total. The summed E-state index contributed by atoms with van der Waals surface area (Å²) in [5.74, 6) is 0. The average Bonchev–Trinajstić information content (AvgIpc) is 2.15. The number of fused-ring (bicyclic) bond motifs is 1. The fourth-order valence-electron chi connectivity index (χ4n) is 1.30. The highest BCUT2D eigenvalue weighted by Crippen LogP contribution is 2.32. The topological polar surface area (TPSA) is 30.2 Å². The van der Waals surface area contributed by atoms with Crippen molar-refractivity contribution in [3.63, 3.8) is 0 Å². The van der Waals surface area contributed by atoms with Gasteiger partial charge in [0.2, 0.25) is 0 Å². The maximum absolute atomic E-state index is 12.4. The predicted molar refractivity (Wildman–Crippen MR) is 52.5 cm³/mol. The fraction of sp³-hybridized carbons (Fsp3) is 0.100. The Morgan fingerprint density at radius 2 is 1.88 bits per heavy atom. The van der Waals surface area contributed by atoms with E-state index in [0.29, 0.717) is 0 Å². The Morgan fingerprint density at radius 1 is 1.19 bits per heavy atom. The van der Waals surface area contributed by atoms with E-state index in [1.807, 2.05) is 0 Å². The highest BCUT2D eigenvalue weighted by Gasteiger charge is 2.30. The summed E-state index contributed by atoms with van der Waals surface area (Å²) in [5, 5.41) is 0.342. The lowest BCUT2D eigenvalue weighted by atomic mass is 10.1. The van der Waals surface area contributed by atoms with Crippen molar-refractivity contribution in [2.75, 3.05) is 0 Å². The molecule has 0 aliphatic heterocycles. The van der Waals surface area contributed by atoms with E-state index in [9.17, 15) is 18.0 Å². The standard InChI is InChI=1S/C10H4ClF3O2/c11-7-4-9(15)16-8-3-5(10(12,13)14)1-2-6(7)8/h1-4H. The number of benzene rings is 1. The Balaban J connectivity index is 2.76. The van der Waals surface area contributed by atoms with Crippen molar-refractivity contribution in [3.8, 4) is 0 Å². The van der Waals surface area contributed by atoms with E-state index in [2.05, 4.69) is 4.42 Å². The molecule has 16 heavy (non-hydrogen) atoms. The molecule has 84 valence electrons. The van der Waals surface area contributed by atoms with Crippen LogP contribution in [0.1, 0.15) is 5.56 Å². The predicted octanol–water partition coefficient (Wildman–Crippen LogP) is 3.47. The second-order valence-electron chi connectivity index (χ2n) is 3.12. The van der Waals surface area contributed by atoms with Gasteiger partial charge in [0.15, 0.2) is 0 Å². The first-order chi connectivity index (χ1) is 7.38. The zero-order valence-corrected chi connectivity index (χ0v) is 8.39. The normalized spacial score (nSPS) is 12.0. The summed E-state index contributed by atoms with van der Waals surface area (Å²) in [6, 6.07) is 3.82. The van der Waals surface area contributed by atoms with E-state index in [0.717, 1.165) is 18.2 Å². The first-order valence-corrected chi connectivity index (χ1v) is 4.56. The van der Waals surface area contributed by atoms with E-state index in [1.165, 1.54) is 6.07 Å². The summed E-state index contributed by atoms with van der Waals surface area (Å²) in [4.78, 5) is 10.9. The van der Waals surface area contributed by atoms with Crippen LogP contribution in [0.3, 0.4) is 0 Å². The molecule has 0 saturated carbocycles. The van der Waals surface area contributed by atoms with Gasteiger partial charge in [-0.2, -0.15) is 13.2 Å². The molecule has 0 saturated heterocycles. The van der Waals surface area contributed by atoms with Gasteiger partial charge in [0.05, 0.1) is 10.6 Å². The minimum absolute atomic E-state index is 0.0694. The summed E-state index contributed by atoms with van der Waals surface area (Å²) in [6.45, 7) is 0. The Hall–Kier alpha value is -1.49. The largest absolute Gasteiger partial charge is 0.423 e. The quantitative estimate of drug-likeness (QED) is 0.668. The maximum Gasteiger partial charge on any atom is 0.416 e. The van der Waals surface area contributed by atoms with Crippen molar-refractivity contribution >= 4 is 22.6 Å². The fourth-order valence-corrected chi connectivity index (χ4v) is 1.54. The van der Waals surface area contributed by atoms with Crippen LogP contribution in [0, 0.1) is 0 Å². The highest BCUT2D eigenvalue weighted by atomic mass is 35.5. The zero-order chi connectivity index (χ0) is 11.9. The van der Waals surface area contributed by atoms with Crippen molar-refractivity contribution < 1.29 is 17.6 Å². The van der Waals surface area contributed by atoms with E-state index >= 15 is 0 Å². The molecule has 1 aromatic carbocycles. The smallest absolute Gasteiger partial charge is 0.416 e. The molecule has 6 heteroatoms. The summed E-state index contributed by atoms with van der Waals surface area (Å²) < 4.78 is 41.7. The van der Waals surface area contributed by atoms with E-state index in [1.54, 1.807) is 0 Å². The molecule has 0 radical (unpaired) electrons. The molecule has 0 unspecified atom stereocenters. The molecule has 2 nitrogen and oxygen atoms in total. The van der Waals surface area contributed by atoms with Crippen LogP contribution in [0.4, 0.5) is 13.2 Å². The van der Waals surface area contributed by atoms with E-state index < -0.39 is 17.4 Å². The molecule has 0 fully saturated rings.